The van der Waals surface area contributed by atoms with E-state index in [1.54, 1.807) is 4.90 Å². The number of thiophene rings is 1. The minimum absolute atomic E-state index is 0.0474. The van der Waals surface area contributed by atoms with Gasteiger partial charge in [0.15, 0.2) is 5.82 Å². The molecule has 7 nitrogen and oxygen atoms in total. The summed E-state index contributed by atoms with van der Waals surface area (Å²) in [7, 11) is 0. The predicted molar refractivity (Wildman–Crippen MR) is 154 cm³/mol. The fourth-order valence-electron chi connectivity index (χ4n) is 7.07. The van der Waals surface area contributed by atoms with E-state index in [1.807, 2.05) is 11.0 Å². The Bertz CT molecular complexity index is 1850. The van der Waals surface area contributed by atoms with Gasteiger partial charge in [0.05, 0.1) is 21.4 Å². The molecule has 7 rings (SSSR count). The van der Waals surface area contributed by atoms with Crippen LogP contribution < -0.4 is 15.4 Å². The molecule has 3 saturated heterocycles. The van der Waals surface area contributed by atoms with Crippen LogP contribution in [0.1, 0.15) is 43.2 Å². The number of halogens is 6. The van der Waals surface area contributed by atoms with E-state index in [2.05, 4.69) is 9.97 Å². The molecule has 0 radical (unpaired) electrons. The lowest BCUT2D eigenvalue weighted by Crippen LogP contribution is -2.43. The van der Waals surface area contributed by atoms with Gasteiger partial charge in [-0.2, -0.15) is 28.4 Å². The first-order valence-corrected chi connectivity index (χ1v) is 15.1. The number of hydrogen-bond donors (Lipinski definition) is 1. The third-order valence-corrected chi connectivity index (χ3v) is 10.1. The summed E-state index contributed by atoms with van der Waals surface area (Å²) in [6.07, 6.45) is -2.64. The highest BCUT2D eigenvalue weighted by molar-refractivity contribution is 7.23. The van der Waals surface area contributed by atoms with Crippen LogP contribution in [0.15, 0.2) is 18.2 Å². The van der Waals surface area contributed by atoms with Crippen molar-refractivity contribution in [1.82, 2.24) is 14.9 Å². The number of hydrogen-bond acceptors (Lipinski definition) is 8. The molecular formula is C30H26F6N6OS. The minimum atomic E-state index is -5.03. The molecule has 44 heavy (non-hydrogen) atoms. The van der Waals surface area contributed by atoms with E-state index in [1.165, 1.54) is 0 Å². The topological polar surface area (TPSA) is 91.3 Å². The third kappa shape index (κ3) is 4.51. The van der Waals surface area contributed by atoms with Crippen molar-refractivity contribution in [3.63, 3.8) is 0 Å². The van der Waals surface area contributed by atoms with Crippen LogP contribution >= 0.6 is 11.3 Å². The van der Waals surface area contributed by atoms with Crippen LogP contribution in [0.2, 0.25) is 0 Å². The maximum atomic E-state index is 16.7. The van der Waals surface area contributed by atoms with Crippen molar-refractivity contribution in [2.75, 3.05) is 43.4 Å². The molecule has 2 aromatic carbocycles. The Kier molecular flexibility index (Phi) is 6.82. The molecule has 0 bridgehead atoms. The SMILES string of the molecule is N#Cc1c(N)sc2c(F)ccc(-c3c(C(F)(F)F)cc4c(N5CCCC5)nc(OCC56CCCN5CC(F)C6)nc4c3F)c12. The van der Waals surface area contributed by atoms with Crippen LogP contribution in [0.25, 0.3) is 32.1 Å². The molecule has 3 fully saturated rings. The molecule has 3 aliphatic rings. The van der Waals surface area contributed by atoms with Gasteiger partial charge < -0.3 is 15.4 Å². The van der Waals surface area contributed by atoms with Crippen molar-refractivity contribution in [2.45, 2.75) is 50.0 Å². The second-order valence-corrected chi connectivity index (χ2v) is 12.7. The summed E-state index contributed by atoms with van der Waals surface area (Å²) in [4.78, 5) is 12.6. The number of nitrogens with zero attached hydrogens (tertiary/aromatic N) is 5. The van der Waals surface area contributed by atoms with Gasteiger partial charge in [-0.05, 0) is 49.9 Å². The molecule has 0 amide bonds. The number of nitriles is 1. The van der Waals surface area contributed by atoms with Crippen LogP contribution in [0, 0.1) is 23.0 Å². The standard InChI is InChI=1S/C30H26F6N6OS/c31-15-11-29(6-3-9-42(29)13-15)14-43-28-39-24-17(27(40-28)41-7-1-2-8-41)10-19(30(34,35)36)22(23(24)33)16-4-5-20(32)25-21(16)18(12-37)26(38)44-25/h4-5,10,15H,1-3,6-9,11,13-14,38H2. The normalized spacial score (nSPS) is 22.3. The smallest absolute Gasteiger partial charge is 0.417 e. The van der Waals surface area contributed by atoms with Crippen LogP contribution in [0.3, 0.4) is 0 Å². The van der Waals surface area contributed by atoms with Gasteiger partial charge in [-0.15, -0.1) is 11.3 Å². The molecule has 3 aliphatic heterocycles. The van der Waals surface area contributed by atoms with Crippen molar-refractivity contribution in [1.29, 1.82) is 5.26 Å². The average Bonchev–Trinajstić information content (AvgIpc) is 3.75. The van der Waals surface area contributed by atoms with Gasteiger partial charge in [-0.1, -0.05) is 6.07 Å². The maximum Gasteiger partial charge on any atom is 0.417 e. The number of fused-ring (bicyclic) bond motifs is 3. The van der Waals surface area contributed by atoms with E-state index in [9.17, 15) is 27.2 Å². The summed E-state index contributed by atoms with van der Waals surface area (Å²) in [5.41, 5.74) is 2.19. The highest BCUT2D eigenvalue weighted by Crippen LogP contribution is 2.48. The number of nitrogens with two attached hydrogens (primary N) is 1. The van der Waals surface area contributed by atoms with Crippen LogP contribution in [-0.4, -0.2) is 59.4 Å². The molecular weight excluding hydrogens is 606 g/mol. The summed E-state index contributed by atoms with van der Waals surface area (Å²) in [5, 5.41) is 9.28. The molecule has 0 saturated carbocycles. The molecule has 4 aromatic rings. The molecule has 0 aliphatic carbocycles. The van der Waals surface area contributed by atoms with Gasteiger partial charge in [-0.25, -0.2) is 13.2 Å². The highest BCUT2D eigenvalue weighted by atomic mass is 32.1. The molecule has 5 heterocycles. The fourth-order valence-corrected chi connectivity index (χ4v) is 8.02. The Balaban J connectivity index is 1.45. The number of rotatable bonds is 5. The molecule has 0 spiro atoms. The lowest BCUT2D eigenvalue weighted by Gasteiger charge is -2.31. The van der Waals surface area contributed by atoms with Gasteiger partial charge in [0.2, 0.25) is 0 Å². The molecule has 2 aromatic heterocycles. The summed E-state index contributed by atoms with van der Waals surface area (Å²) >= 11 is 0.703. The van der Waals surface area contributed by atoms with Gasteiger partial charge in [0.25, 0.3) is 0 Å². The molecule has 230 valence electrons. The second kappa shape index (κ2) is 10.4. The lowest BCUT2D eigenvalue weighted by molar-refractivity contribution is -0.137. The monoisotopic (exact) mass is 632 g/mol. The molecule has 2 N–H and O–H groups in total. The molecule has 14 heteroatoms. The van der Waals surface area contributed by atoms with E-state index in [0.29, 0.717) is 37.4 Å². The zero-order chi connectivity index (χ0) is 31.0. The van der Waals surface area contributed by atoms with Crippen LogP contribution in [0.5, 0.6) is 6.01 Å². The first-order valence-electron chi connectivity index (χ1n) is 14.3. The largest absolute Gasteiger partial charge is 0.461 e. The molecule has 2 unspecified atom stereocenters. The van der Waals surface area contributed by atoms with Gasteiger partial charge >= 0.3 is 12.2 Å². The minimum Gasteiger partial charge on any atom is -0.461 e. The van der Waals surface area contributed by atoms with Gasteiger partial charge in [0, 0.05) is 42.4 Å². The molecule has 2 atom stereocenters. The number of aromatic nitrogens is 2. The second-order valence-electron chi connectivity index (χ2n) is 11.6. The first-order chi connectivity index (χ1) is 21.0. The average molecular weight is 633 g/mol. The van der Waals surface area contributed by atoms with E-state index >= 15 is 4.39 Å². The summed E-state index contributed by atoms with van der Waals surface area (Å²) in [6, 6.07) is 4.35. The van der Waals surface area contributed by atoms with Gasteiger partial charge in [-0.3, -0.25) is 4.90 Å². The number of benzene rings is 2. The lowest BCUT2D eigenvalue weighted by atomic mass is 9.92. The van der Waals surface area contributed by atoms with Gasteiger partial charge in [0.1, 0.15) is 41.0 Å². The highest BCUT2D eigenvalue weighted by Gasteiger charge is 2.49. The summed E-state index contributed by atoms with van der Waals surface area (Å²) in [5.74, 6) is -2.00. The van der Waals surface area contributed by atoms with Crippen LogP contribution in [0.4, 0.5) is 37.2 Å². The van der Waals surface area contributed by atoms with Crippen molar-refractivity contribution < 1.29 is 31.1 Å². The summed E-state index contributed by atoms with van der Waals surface area (Å²) < 4.78 is 95.8. The number of alkyl halides is 4. The Hall–Kier alpha value is -3.83. The first kappa shape index (κ1) is 28.9. The Labute approximate surface area is 251 Å². The fraction of sp³-hybridized carbons (Fsp3) is 0.433. The predicted octanol–water partition coefficient (Wildman–Crippen LogP) is 6.82. The van der Waals surface area contributed by atoms with Crippen molar-refractivity contribution in [2.24, 2.45) is 0 Å². The Morgan fingerprint density at radius 3 is 2.64 bits per heavy atom. The zero-order valence-corrected chi connectivity index (χ0v) is 24.1. The van der Waals surface area contributed by atoms with Crippen molar-refractivity contribution in [3.8, 4) is 23.2 Å². The maximum absolute atomic E-state index is 16.7. The Morgan fingerprint density at radius 1 is 1.14 bits per heavy atom. The van der Waals surface area contributed by atoms with Crippen molar-refractivity contribution in [3.05, 3.63) is 41.0 Å². The summed E-state index contributed by atoms with van der Waals surface area (Å²) in [6.45, 7) is 2.06. The Morgan fingerprint density at radius 2 is 1.91 bits per heavy atom. The van der Waals surface area contributed by atoms with E-state index < -0.39 is 46.2 Å². The third-order valence-electron chi connectivity index (χ3n) is 9.03. The number of nitrogen functional groups attached to an aromatic ring is 1. The van der Waals surface area contributed by atoms with Crippen LogP contribution in [-0.2, 0) is 6.18 Å². The van der Waals surface area contributed by atoms with Crippen molar-refractivity contribution >= 4 is 43.1 Å². The van der Waals surface area contributed by atoms with E-state index in [0.717, 1.165) is 44.0 Å². The quantitative estimate of drug-likeness (QED) is 0.242. The van der Waals surface area contributed by atoms with E-state index in [4.69, 9.17) is 10.5 Å². The van der Waals surface area contributed by atoms with E-state index in [-0.39, 0.29) is 56.5 Å². The number of anilines is 2. The zero-order valence-electron chi connectivity index (χ0n) is 23.3. The number of ether oxygens (including phenoxy) is 1.